The van der Waals surface area contributed by atoms with Crippen molar-refractivity contribution in [3.8, 4) is 0 Å². The van der Waals surface area contributed by atoms with Crippen molar-refractivity contribution in [1.82, 2.24) is 5.43 Å². The van der Waals surface area contributed by atoms with Gasteiger partial charge in [0.1, 0.15) is 0 Å². The van der Waals surface area contributed by atoms with Crippen molar-refractivity contribution in [2.75, 3.05) is 0 Å². The van der Waals surface area contributed by atoms with E-state index in [4.69, 9.17) is 5.84 Å². The Bertz CT molecular complexity index is 391. The van der Waals surface area contributed by atoms with Crippen molar-refractivity contribution in [1.29, 1.82) is 0 Å². The molecule has 5 heteroatoms. The highest BCUT2D eigenvalue weighted by Gasteiger charge is 2.33. The van der Waals surface area contributed by atoms with Crippen molar-refractivity contribution < 1.29 is 13.2 Å². The number of nitrogens with one attached hydrogen (secondary N) is 1. The molecule has 0 aromatic heterocycles. The first-order valence-corrected chi connectivity index (χ1v) is 6.51. The van der Waals surface area contributed by atoms with E-state index in [1.54, 1.807) is 6.07 Å². The summed E-state index contributed by atoms with van der Waals surface area (Å²) >= 11 is 0. The van der Waals surface area contributed by atoms with E-state index in [2.05, 4.69) is 5.43 Å². The lowest BCUT2D eigenvalue weighted by atomic mass is 9.90. The van der Waals surface area contributed by atoms with E-state index in [0.717, 1.165) is 18.9 Å². The molecule has 3 N–H and O–H groups in total. The molecule has 0 aliphatic heterocycles. The smallest absolute Gasteiger partial charge is 0.271 e. The van der Waals surface area contributed by atoms with E-state index in [0.29, 0.717) is 5.56 Å². The Morgan fingerprint density at radius 1 is 1.26 bits per heavy atom. The van der Waals surface area contributed by atoms with E-state index in [1.807, 2.05) is 13.8 Å². The van der Waals surface area contributed by atoms with Gasteiger partial charge in [-0.1, -0.05) is 38.5 Å². The zero-order chi connectivity index (χ0) is 14.5. The fourth-order valence-corrected chi connectivity index (χ4v) is 2.29. The zero-order valence-electron chi connectivity index (χ0n) is 11.3. The molecule has 0 radical (unpaired) electrons. The second-order valence-electron chi connectivity index (χ2n) is 4.90. The van der Waals surface area contributed by atoms with Gasteiger partial charge in [-0.15, -0.1) is 0 Å². The van der Waals surface area contributed by atoms with E-state index < -0.39 is 11.7 Å². The van der Waals surface area contributed by atoms with Crippen molar-refractivity contribution in [2.45, 2.75) is 45.3 Å². The highest BCUT2D eigenvalue weighted by atomic mass is 19.4. The number of alkyl halides is 3. The Kier molecular flexibility index (Phi) is 5.82. The van der Waals surface area contributed by atoms with Gasteiger partial charge in [-0.05, 0) is 30.4 Å². The first-order valence-electron chi connectivity index (χ1n) is 6.51. The van der Waals surface area contributed by atoms with Crippen LogP contribution in [0.3, 0.4) is 0 Å². The molecule has 0 bridgehead atoms. The highest BCUT2D eigenvalue weighted by Crippen LogP contribution is 2.32. The lowest BCUT2D eigenvalue weighted by molar-refractivity contribution is -0.138. The number of halogens is 3. The molecule has 0 saturated carbocycles. The molecule has 0 heterocycles. The summed E-state index contributed by atoms with van der Waals surface area (Å²) in [6, 6.07) is 5.53. The quantitative estimate of drug-likeness (QED) is 0.615. The minimum Gasteiger partial charge on any atom is -0.271 e. The van der Waals surface area contributed by atoms with Gasteiger partial charge in [0.05, 0.1) is 5.56 Å². The third-order valence-electron chi connectivity index (χ3n) is 3.41. The van der Waals surface area contributed by atoms with Crippen molar-refractivity contribution in [2.24, 2.45) is 11.8 Å². The summed E-state index contributed by atoms with van der Waals surface area (Å²) < 4.78 is 38.7. The minimum absolute atomic E-state index is 0.150. The van der Waals surface area contributed by atoms with E-state index >= 15 is 0 Å². The second kappa shape index (κ2) is 6.91. The molecule has 108 valence electrons. The molecular weight excluding hydrogens is 253 g/mol. The summed E-state index contributed by atoms with van der Waals surface area (Å²) in [5.74, 6) is 5.71. The largest absolute Gasteiger partial charge is 0.416 e. The number of rotatable bonds is 6. The number of hydrogen-bond donors (Lipinski definition) is 2. The van der Waals surface area contributed by atoms with Crippen LogP contribution in [-0.2, 0) is 12.6 Å². The summed E-state index contributed by atoms with van der Waals surface area (Å²) in [4.78, 5) is 0. The topological polar surface area (TPSA) is 38.0 Å². The van der Waals surface area contributed by atoms with Crippen LogP contribution in [0.5, 0.6) is 0 Å². The normalized spacial score (nSPS) is 15.3. The number of nitrogens with two attached hydrogens (primary N) is 1. The molecule has 1 aromatic carbocycles. The van der Waals surface area contributed by atoms with E-state index in [1.165, 1.54) is 12.1 Å². The van der Waals surface area contributed by atoms with Crippen LogP contribution >= 0.6 is 0 Å². The van der Waals surface area contributed by atoms with Crippen LogP contribution in [0.2, 0.25) is 0 Å². The molecule has 0 aliphatic carbocycles. The van der Waals surface area contributed by atoms with Gasteiger partial charge in [0, 0.05) is 6.04 Å². The summed E-state index contributed by atoms with van der Waals surface area (Å²) in [6.45, 7) is 4.05. The standard InChI is InChI=1S/C14H21F3N2/c1-3-6-10(2)13(19-18)9-11-7-4-5-8-12(11)14(15,16)17/h4-5,7-8,10,13,19H,3,6,9,18H2,1-2H3. The van der Waals surface area contributed by atoms with Gasteiger partial charge in [-0.2, -0.15) is 13.2 Å². The second-order valence-corrected chi connectivity index (χ2v) is 4.90. The fraction of sp³-hybridized carbons (Fsp3) is 0.571. The molecular formula is C14H21F3N2. The van der Waals surface area contributed by atoms with Gasteiger partial charge in [0.25, 0.3) is 0 Å². The Balaban J connectivity index is 2.91. The van der Waals surface area contributed by atoms with Crippen molar-refractivity contribution in [3.63, 3.8) is 0 Å². The molecule has 0 saturated heterocycles. The van der Waals surface area contributed by atoms with Gasteiger partial charge in [0.2, 0.25) is 0 Å². The fourth-order valence-electron chi connectivity index (χ4n) is 2.29. The SMILES string of the molecule is CCCC(C)C(Cc1ccccc1C(F)(F)F)NN. The maximum atomic E-state index is 12.9. The maximum Gasteiger partial charge on any atom is 0.416 e. The first-order chi connectivity index (χ1) is 8.90. The first kappa shape index (κ1) is 16.0. The zero-order valence-corrected chi connectivity index (χ0v) is 11.3. The van der Waals surface area contributed by atoms with E-state index in [9.17, 15) is 13.2 Å². The summed E-state index contributed by atoms with van der Waals surface area (Å²) in [7, 11) is 0. The Morgan fingerprint density at radius 2 is 1.89 bits per heavy atom. The molecule has 0 spiro atoms. The van der Waals surface area contributed by atoms with Crippen molar-refractivity contribution in [3.05, 3.63) is 35.4 Å². The molecule has 19 heavy (non-hydrogen) atoms. The lowest BCUT2D eigenvalue weighted by Gasteiger charge is -2.24. The van der Waals surface area contributed by atoms with Gasteiger partial charge in [0.15, 0.2) is 0 Å². The van der Waals surface area contributed by atoms with Crippen LogP contribution in [0.15, 0.2) is 24.3 Å². The van der Waals surface area contributed by atoms with Crippen LogP contribution in [-0.4, -0.2) is 6.04 Å². The molecule has 0 amide bonds. The molecule has 2 unspecified atom stereocenters. The Labute approximate surface area is 112 Å². The molecule has 2 nitrogen and oxygen atoms in total. The van der Waals surface area contributed by atoms with Crippen LogP contribution in [0.1, 0.15) is 37.8 Å². The third-order valence-corrected chi connectivity index (χ3v) is 3.41. The molecule has 0 fully saturated rings. The lowest BCUT2D eigenvalue weighted by Crippen LogP contribution is -2.41. The van der Waals surface area contributed by atoms with Crippen LogP contribution in [0.4, 0.5) is 13.2 Å². The molecule has 1 rings (SSSR count). The van der Waals surface area contributed by atoms with Crippen LogP contribution in [0, 0.1) is 5.92 Å². The van der Waals surface area contributed by atoms with Gasteiger partial charge in [-0.25, -0.2) is 0 Å². The molecule has 0 aliphatic rings. The number of hydrazine groups is 1. The summed E-state index contributed by atoms with van der Waals surface area (Å²) in [6.07, 6.45) is -2.11. The monoisotopic (exact) mass is 274 g/mol. The predicted octanol–water partition coefficient (Wildman–Crippen LogP) is 3.52. The summed E-state index contributed by atoms with van der Waals surface area (Å²) in [5, 5.41) is 0. The molecule has 2 atom stereocenters. The Hall–Kier alpha value is -1.07. The van der Waals surface area contributed by atoms with E-state index in [-0.39, 0.29) is 18.4 Å². The van der Waals surface area contributed by atoms with Crippen LogP contribution in [0.25, 0.3) is 0 Å². The average Bonchev–Trinajstić information content (AvgIpc) is 2.35. The van der Waals surface area contributed by atoms with Gasteiger partial charge >= 0.3 is 6.18 Å². The predicted molar refractivity (Wildman–Crippen MR) is 70.3 cm³/mol. The van der Waals surface area contributed by atoms with Crippen LogP contribution < -0.4 is 11.3 Å². The van der Waals surface area contributed by atoms with Gasteiger partial charge in [-0.3, -0.25) is 11.3 Å². The number of hydrogen-bond acceptors (Lipinski definition) is 2. The van der Waals surface area contributed by atoms with Crippen molar-refractivity contribution >= 4 is 0 Å². The number of benzene rings is 1. The average molecular weight is 274 g/mol. The van der Waals surface area contributed by atoms with Gasteiger partial charge < -0.3 is 0 Å². The minimum atomic E-state index is -4.32. The highest BCUT2D eigenvalue weighted by molar-refractivity contribution is 5.30. The maximum absolute atomic E-state index is 12.9. The Morgan fingerprint density at radius 3 is 2.42 bits per heavy atom. The third kappa shape index (κ3) is 4.51. The summed E-state index contributed by atoms with van der Waals surface area (Å²) in [5.41, 5.74) is 2.37. The molecule has 1 aromatic rings.